The van der Waals surface area contributed by atoms with Crippen molar-refractivity contribution in [3.05, 3.63) is 0 Å². The van der Waals surface area contributed by atoms with Crippen molar-refractivity contribution in [2.24, 2.45) is 11.7 Å². The number of amides is 4. The maximum absolute atomic E-state index is 12.1. The number of carboxylic acids is 1. The Labute approximate surface area is 162 Å². The highest BCUT2D eigenvalue weighted by atomic mass is 16.5. The van der Waals surface area contributed by atoms with Crippen molar-refractivity contribution < 1.29 is 33.8 Å². The van der Waals surface area contributed by atoms with Gasteiger partial charge in [0.1, 0.15) is 18.2 Å². The van der Waals surface area contributed by atoms with E-state index in [1.807, 2.05) is 0 Å². The minimum Gasteiger partial charge on any atom is -0.481 e. The smallest absolute Gasteiger partial charge is 0.303 e. The number of hydrogen-bond donors (Lipinski definition) is 5. The first-order valence-corrected chi connectivity index (χ1v) is 9.01. The van der Waals surface area contributed by atoms with Gasteiger partial charge in [-0.05, 0) is 26.7 Å². The summed E-state index contributed by atoms with van der Waals surface area (Å²) in [6.45, 7) is 4.69. The zero-order valence-electron chi connectivity index (χ0n) is 16.2. The van der Waals surface area contributed by atoms with Crippen LogP contribution >= 0.6 is 0 Å². The van der Waals surface area contributed by atoms with Crippen LogP contribution in [0.3, 0.4) is 0 Å². The average Bonchev–Trinajstić information content (AvgIpc) is 3.32. The van der Waals surface area contributed by atoms with Crippen LogP contribution in [0.1, 0.15) is 40.0 Å². The lowest BCUT2D eigenvalue weighted by Crippen LogP contribution is -2.53. The van der Waals surface area contributed by atoms with Crippen molar-refractivity contribution in [2.45, 2.75) is 64.3 Å². The standard InChI is InChI=1S/C17H28N4O7/c1-8(16(26)21-12(15(18)25)4-5-14(23)24)19-17(27)9(2)28-7-11-6-13(11)20-10(3)22/h8-9,11-13H,4-7H2,1-3H3,(H2,18,25)(H,19,27)(H,20,22)(H,21,26)(H,23,24)/t8-,9+,11?,12+,13?/m0/s1. The maximum atomic E-state index is 12.1. The third kappa shape index (κ3) is 8.33. The number of ether oxygens (including phenoxy) is 1. The highest BCUT2D eigenvalue weighted by Crippen LogP contribution is 2.30. The molecule has 0 aromatic rings. The Morgan fingerprint density at radius 1 is 1.14 bits per heavy atom. The summed E-state index contributed by atoms with van der Waals surface area (Å²) in [6.07, 6.45) is -0.502. The van der Waals surface area contributed by atoms with Crippen LogP contribution in [0.15, 0.2) is 0 Å². The molecule has 11 heteroatoms. The lowest BCUT2D eigenvalue weighted by Gasteiger charge is -2.20. The van der Waals surface area contributed by atoms with Gasteiger partial charge in [0.2, 0.25) is 23.6 Å². The monoisotopic (exact) mass is 400 g/mol. The molecule has 158 valence electrons. The Hall–Kier alpha value is -2.69. The molecule has 4 amide bonds. The maximum Gasteiger partial charge on any atom is 0.303 e. The zero-order chi connectivity index (χ0) is 21.4. The van der Waals surface area contributed by atoms with Crippen LogP contribution in [0.25, 0.3) is 0 Å². The Kier molecular flexibility index (Phi) is 8.83. The molecule has 28 heavy (non-hydrogen) atoms. The van der Waals surface area contributed by atoms with Gasteiger partial charge in [0.15, 0.2) is 0 Å². The number of nitrogens with one attached hydrogen (secondary N) is 3. The molecule has 1 aliphatic carbocycles. The molecule has 0 saturated heterocycles. The summed E-state index contributed by atoms with van der Waals surface area (Å²) in [5.74, 6) is -3.11. The van der Waals surface area contributed by atoms with Crippen molar-refractivity contribution >= 4 is 29.6 Å². The summed E-state index contributed by atoms with van der Waals surface area (Å²) in [5, 5.41) is 16.2. The van der Waals surface area contributed by atoms with Gasteiger partial charge in [-0.3, -0.25) is 24.0 Å². The van der Waals surface area contributed by atoms with Gasteiger partial charge in [0.05, 0.1) is 6.61 Å². The molecule has 0 radical (unpaired) electrons. The first kappa shape index (κ1) is 23.3. The number of primary amides is 1. The van der Waals surface area contributed by atoms with Crippen LogP contribution in [-0.2, 0) is 28.7 Å². The Morgan fingerprint density at radius 2 is 1.79 bits per heavy atom. The van der Waals surface area contributed by atoms with Gasteiger partial charge in [-0.25, -0.2) is 0 Å². The SMILES string of the molecule is CC(=O)NC1CC1CO[C@H](C)C(=O)N[C@@H](C)C(=O)N[C@H](CCC(=O)O)C(N)=O. The lowest BCUT2D eigenvalue weighted by atomic mass is 10.1. The number of carboxylic acid groups (broad SMARTS) is 1. The van der Waals surface area contributed by atoms with Crippen LogP contribution in [0.5, 0.6) is 0 Å². The Bertz CT molecular complexity index is 625. The second-order valence-electron chi connectivity index (χ2n) is 6.90. The molecule has 0 aromatic heterocycles. The van der Waals surface area contributed by atoms with Gasteiger partial charge >= 0.3 is 5.97 Å². The molecule has 1 rings (SSSR count). The number of hydrogen-bond acceptors (Lipinski definition) is 6. The fourth-order valence-electron chi connectivity index (χ4n) is 2.46. The predicted octanol–water partition coefficient (Wildman–Crippen LogP) is -1.74. The molecule has 1 fully saturated rings. The normalized spacial score (nSPS) is 21.0. The van der Waals surface area contributed by atoms with Gasteiger partial charge in [0, 0.05) is 25.3 Å². The second kappa shape index (κ2) is 10.6. The molecule has 11 nitrogen and oxygen atoms in total. The molecule has 2 unspecified atom stereocenters. The Balaban J connectivity index is 2.38. The van der Waals surface area contributed by atoms with E-state index >= 15 is 0 Å². The van der Waals surface area contributed by atoms with E-state index in [1.165, 1.54) is 20.8 Å². The van der Waals surface area contributed by atoms with Crippen LogP contribution in [0.4, 0.5) is 0 Å². The van der Waals surface area contributed by atoms with E-state index in [9.17, 15) is 24.0 Å². The Morgan fingerprint density at radius 3 is 2.32 bits per heavy atom. The van der Waals surface area contributed by atoms with E-state index < -0.39 is 41.9 Å². The number of carbonyl (C=O) groups is 5. The minimum atomic E-state index is -1.14. The van der Waals surface area contributed by atoms with Crippen molar-refractivity contribution in [3.63, 3.8) is 0 Å². The zero-order valence-corrected chi connectivity index (χ0v) is 16.2. The first-order chi connectivity index (χ1) is 13.0. The van der Waals surface area contributed by atoms with E-state index in [2.05, 4.69) is 16.0 Å². The van der Waals surface area contributed by atoms with E-state index in [0.29, 0.717) is 6.61 Å². The summed E-state index contributed by atoms with van der Waals surface area (Å²) in [7, 11) is 0. The fraction of sp³-hybridized carbons (Fsp3) is 0.706. The molecule has 6 N–H and O–H groups in total. The highest BCUT2D eigenvalue weighted by Gasteiger charge is 2.38. The fourth-order valence-corrected chi connectivity index (χ4v) is 2.46. The van der Waals surface area contributed by atoms with Gasteiger partial charge in [-0.15, -0.1) is 0 Å². The summed E-state index contributed by atoms with van der Waals surface area (Å²) in [5.41, 5.74) is 5.16. The molecule has 0 aromatic carbocycles. The van der Waals surface area contributed by atoms with Crippen LogP contribution in [0, 0.1) is 5.92 Å². The third-order valence-corrected chi connectivity index (χ3v) is 4.30. The molecular weight excluding hydrogens is 372 g/mol. The summed E-state index contributed by atoms with van der Waals surface area (Å²) >= 11 is 0. The molecule has 0 bridgehead atoms. The first-order valence-electron chi connectivity index (χ1n) is 9.01. The molecule has 1 saturated carbocycles. The molecule has 0 heterocycles. The molecule has 5 atom stereocenters. The van der Waals surface area contributed by atoms with E-state index in [0.717, 1.165) is 6.42 Å². The third-order valence-electron chi connectivity index (χ3n) is 4.30. The van der Waals surface area contributed by atoms with Crippen LogP contribution in [-0.4, -0.2) is 65.5 Å². The van der Waals surface area contributed by atoms with Crippen LogP contribution < -0.4 is 21.7 Å². The lowest BCUT2D eigenvalue weighted by molar-refractivity contribution is -0.138. The van der Waals surface area contributed by atoms with Crippen molar-refractivity contribution in [1.29, 1.82) is 0 Å². The van der Waals surface area contributed by atoms with Crippen molar-refractivity contribution in [2.75, 3.05) is 6.61 Å². The van der Waals surface area contributed by atoms with Gasteiger partial charge in [-0.2, -0.15) is 0 Å². The van der Waals surface area contributed by atoms with Gasteiger partial charge < -0.3 is 31.5 Å². The van der Waals surface area contributed by atoms with E-state index in [1.54, 1.807) is 0 Å². The molecule has 0 aliphatic heterocycles. The van der Waals surface area contributed by atoms with Crippen LogP contribution in [0.2, 0.25) is 0 Å². The molecule has 0 spiro atoms. The molecule has 1 aliphatic rings. The second-order valence-corrected chi connectivity index (χ2v) is 6.90. The van der Waals surface area contributed by atoms with E-state index in [4.69, 9.17) is 15.6 Å². The summed E-state index contributed by atoms with van der Waals surface area (Å²) < 4.78 is 5.47. The van der Waals surface area contributed by atoms with Gasteiger partial charge in [0.25, 0.3) is 0 Å². The molecular formula is C17H28N4O7. The van der Waals surface area contributed by atoms with Gasteiger partial charge in [-0.1, -0.05) is 0 Å². The van der Waals surface area contributed by atoms with Crippen molar-refractivity contribution in [1.82, 2.24) is 16.0 Å². The predicted molar refractivity (Wildman–Crippen MR) is 96.7 cm³/mol. The summed E-state index contributed by atoms with van der Waals surface area (Å²) in [6, 6.07) is -2.05. The quantitative estimate of drug-likeness (QED) is 0.258. The number of rotatable bonds is 12. The minimum absolute atomic E-state index is 0.0639. The number of nitrogens with two attached hydrogens (primary N) is 1. The van der Waals surface area contributed by atoms with Crippen molar-refractivity contribution in [3.8, 4) is 0 Å². The summed E-state index contributed by atoms with van der Waals surface area (Å²) in [4.78, 5) is 57.1. The van der Waals surface area contributed by atoms with E-state index in [-0.39, 0.29) is 30.7 Å². The average molecular weight is 400 g/mol. The number of aliphatic carboxylic acids is 1. The number of carbonyl (C=O) groups excluding carboxylic acids is 4. The highest BCUT2D eigenvalue weighted by molar-refractivity contribution is 5.92. The topological polar surface area (TPSA) is 177 Å². The largest absolute Gasteiger partial charge is 0.481 e.